The lowest BCUT2D eigenvalue weighted by Crippen LogP contribution is -2.03. The van der Waals surface area contributed by atoms with Crippen molar-refractivity contribution in [2.45, 2.75) is 13.1 Å². The number of nitrogens with zero attached hydrogens (tertiary/aromatic N) is 2. The Kier molecular flexibility index (Phi) is 3.16. The summed E-state index contributed by atoms with van der Waals surface area (Å²) in [6.07, 6.45) is -2.13. The first-order valence-electron chi connectivity index (χ1n) is 4.88. The summed E-state index contributed by atoms with van der Waals surface area (Å²) in [5.41, 5.74) is 0.932. The third-order valence-corrected chi connectivity index (χ3v) is 3.17. The van der Waals surface area contributed by atoms with Crippen LogP contribution in [0.25, 0.3) is 0 Å². The van der Waals surface area contributed by atoms with E-state index in [-0.39, 0.29) is 4.88 Å². The molecule has 0 saturated heterocycles. The monoisotopic (exact) mass is 272 g/mol. The highest BCUT2D eigenvalue weighted by Crippen LogP contribution is 2.33. The predicted molar refractivity (Wildman–Crippen MR) is 59.5 cm³/mol. The van der Waals surface area contributed by atoms with E-state index in [1.807, 2.05) is 0 Å². The number of thiazole rings is 1. The second kappa shape index (κ2) is 4.49. The van der Waals surface area contributed by atoms with E-state index in [2.05, 4.69) is 9.97 Å². The molecule has 0 spiro atoms. The molecular weight excluding hydrogens is 265 g/mol. The van der Waals surface area contributed by atoms with Crippen LogP contribution in [0.15, 0.2) is 24.5 Å². The highest BCUT2D eigenvalue weighted by Gasteiger charge is 2.35. The van der Waals surface area contributed by atoms with Gasteiger partial charge in [-0.2, -0.15) is 13.2 Å². The lowest BCUT2D eigenvalue weighted by molar-refractivity contribution is -0.137. The number of carbonyl (C=O) groups is 1. The summed E-state index contributed by atoms with van der Waals surface area (Å²) in [5.74, 6) is -0.478. The van der Waals surface area contributed by atoms with Crippen molar-refractivity contribution in [1.82, 2.24) is 9.97 Å². The maximum absolute atomic E-state index is 12.4. The number of hydrogen-bond donors (Lipinski definition) is 0. The maximum Gasteiger partial charge on any atom is 0.443 e. The van der Waals surface area contributed by atoms with E-state index in [9.17, 15) is 18.0 Å². The molecule has 2 rings (SSSR count). The quantitative estimate of drug-likeness (QED) is 0.789. The minimum Gasteiger partial charge on any atom is -0.288 e. The molecule has 2 aromatic heterocycles. The number of halogens is 3. The number of rotatable bonds is 2. The molecule has 0 radical (unpaired) electrons. The zero-order valence-electron chi connectivity index (χ0n) is 9.15. The van der Waals surface area contributed by atoms with Gasteiger partial charge in [0.1, 0.15) is 0 Å². The van der Waals surface area contributed by atoms with E-state index in [0.29, 0.717) is 22.6 Å². The molecule has 3 nitrogen and oxygen atoms in total. The van der Waals surface area contributed by atoms with Crippen molar-refractivity contribution < 1.29 is 18.0 Å². The van der Waals surface area contributed by atoms with E-state index in [1.54, 1.807) is 6.92 Å². The van der Waals surface area contributed by atoms with Crippen LogP contribution in [-0.2, 0) is 6.18 Å². The molecule has 0 aliphatic rings. The molecule has 0 amide bonds. The van der Waals surface area contributed by atoms with Crippen molar-refractivity contribution in [2.75, 3.05) is 0 Å². The van der Waals surface area contributed by atoms with Crippen molar-refractivity contribution >= 4 is 17.1 Å². The van der Waals surface area contributed by atoms with Crippen LogP contribution in [0.4, 0.5) is 13.2 Å². The minimum absolute atomic E-state index is 0.0343. The van der Waals surface area contributed by atoms with E-state index >= 15 is 0 Å². The molecule has 7 heteroatoms. The predicted octanol–water partition coefficient (Wildman–Crippen LogP) is 3.10. The Hall–Kier alpha value is -1.76. The Morgan fingerprint density at radius 1 is 1.33 bits per heavy atom. The Morgan fingerprint density at radius 3 is 2.61 bits per heavy atom. The van der Waals surface area contributed by atoms with Gasteiger partial charge in [0, 0.05) is 23.7 Å². The van der Waals surface area contributed by atoms with Crippen molar-refractivity contribution in [3.63, 3.8) is 0 Å². The van der Waals surface area contributed by atoms with Gasteiger partial charge in [-0.25, -0.2) is 4.98 Å². The molecule has 0 saturated carbocycles. The molecule has 0 atom stereocenters. The number of hydrogen-bond acceptors (Lipinski definition) is 4. The molecule has 0 fully saturated rings. The molecule has 0 unspecified atom stereocenters. The Bertz CT molecular complexity index is 592. The summed E-state index contributed by atoms with van der Waals surface area (Å²) < 4.78 is 37.1. The molecule has 0 aliphatic carbocycles. The SMILES string of the molecule is Cc1cc(C(=O)c2cnc(C(F)(F)F)s2)ccn1. The number of aryl methyl sites for hydroxylation is 1. The minimum atomic E-state index is -4.52. The van der Waals surface area contributed by atoms with Crippen LogP contribution in [0.2, 0.25) is 0 Å². The van der Waals surface area contributed by atoms with E-state index < -0.39 is 17.0 Å². The molecule has 2 heterocycles. The summed E-state index contributed by atoms with van der Waals surface area (Å²) in [7, 11) is 0. The standard InChI is InChI=1S/C11H7F3N2OS/c1-6-4-7(2-3-15-6)9(17)8-5-16-10(18-8)11(12,13)14/h2-5H,1H3. The molecule has 2 aromatic rings. The largest absolute Gasteiger partial charge is 0.443 e. The van der Waals surface area contributed by atoms with Crippen molar-refractivity contribution in [1.29, 1.82) is 0 Å². The first-order valence-corrected chi connectivity index (χ1v) is 5.70. The van der Waals surface area contributed by atoms with Crippen LogP contribution in [0.3, 0.4) is 0 Å². The molecule has 0 bridgehead atoms. The van der Waals surface area contributed by atoms with Gasteiger partial charge in [0.05, 0.1) is 4.88 Å². The van der Waals surface area contributed by atoms with Crippen LogP contribution in [-0.4, -0.2) is 15.8 Å². The molecular formula is C11H7F3N2OS. The Balaban J connectivity index is 2.33. The fourth-order valence-electron chi connectivity index (χ4n) is 1.34. The van der Waals surface area contributed by atoms with Gasteiger partial charge in [-0.15, -0.1) is 11.3 Å². The summed E-state index contributed by atoms with van der Waals surface area (Å²) in [5, 5.41) is -1.02. The maximum atomic E-state index is 12.4. The molecule has 18 heavy (non-hydrogen) atoms. The first-order chi connectivity index (χ1) is 8.38. The molecule has 0 aromatic carbocycles. The number of alkyl halides is 3. The molecule has 94 valence electrons. The van der Waals surface area contributed by atoms with E-state index in [4.69, 9.17) is 0 Å². The second-order valence-corrected chi connectivity index (χ2v) is 4.57. The smallest absolute Gasteiger partial charge is 0.288 e. The van der Waals surface area contributed by atoms with Crippen LogP contribution in [0.1, 0.15) is 25.9 Å². The molecule has 0 aliphatic heterocycles. The van der Waals surface area contributed by atoms with Gasteiger partial charge in [0.2, 0.25) is 5.78 Å². The number of pyridine rings is 1. The van der Waals surface area contributed by atoms with Crippen LogP contribution in [0, 0.1) is 6.92 Å². The highest BCUT2D eigenvalue weighted by atomic mass is 32.1. The normalized spacial score (nSPS) is 11.6. The zero-order chi connectivity index (χ0) is 13.3. The second-order valence-electron chi connectivity index (χ2n) is 3.54. The van der Waals surface area contributed by atoms with Gasteiger partial charge < -0.3 is 0 Å². The fourth-order valence-corrected chi connectivity index (χ4v) is 2.08. The number of aromatic nitrogens is 2. The third kappa shape index (κ3) is 2.56. The van der Waals surface area contributed by atoms with Gasteiger partial charge in [0.15, 0.2) is 5.01 Å². The first kappa shape index (κ1) is 12.7. The van der Waals surface area contributed by atoms with E-state index in [1.165, 1.54) is 18.3 Å². The zero-order valence-corrected chi connectivity index (χ0v) is 9.97. The summed E-state index contributed by atoms with van der Waals surface area (Å²) in [6, 6.07) is 2.98. The average Bonchev–Trinajstić information content (AvgIpc) is 2.77. The third-order valence-electron chi connectivity index (χ3n) is 2.13. The Morgan fingerprint density at radius 2 is 2.06 bits per heavy atom. The highest BCUT2D eigenvalue weighted by molar-refractivity contribution is 7.13. The number of carbonyl (C=O) groups excluding carboxylic acids is 1. The topological polar surface area (TPSA) is 42.9 Å². The fraction of sp³-hybridized carbons (Fsp3) is 0.182. The van der Waals surface area contributed by atoms with Gasteiger partial charge in [-0.05, 0) is 19.1 Å². The lowest BCUT2D eigenvalue weighted by Gasteiger charge is -2.00. The van der Waals surface area contributed by atoms with Crippen molar-refractivity contribution in [3.05, 3.63) is 45.7 Å². The summed E-state index contributed by atoms with van der Waals surface area (Å²) in [6.45, 7) is 1.70. The van der Waals surface area contributed by atoms with Gasteiger partial charge in [0.25, 0.3) is 0 Å². The van der Waals surface area contributed by atoms with Crippen LogP contribution >= 0.6 is 11.3 Å². The van der Waals surface area contributed by atoms with Crippen molar-refractivity contribution in [2.24, 2.45) is 0 Å². The van der Waals surface area contributed by atoms with Crippen LogP contribution < -0.4 is 0 Å². The van der Waals surface area contributed by atoms with E-state index in [0.717, 1.165) is 6.20 Å². The van der Waals surface area contributed by atoms with Crippen LogP contribution in [0.5, 0.6) is 0 Å². The molecule has 0 N–H and O–H groups in total. The Labute approximate surface area is 104 Å². The van der Waals surface area contributed by atoms with Crippen molar-refractivity contribution in [3.8, 4) is 0 Å². The lowest BCUT2D eigenvalue weighted by atomic mass is 10.1. The summed E-state index contributed by atoms with van der Waals surface area (Å²) >= 11 is 0.343. The summed E-state index contributed by atoms with van der Waals surface area (Å²) in [4.78, 5) is 19.0. The number of ketones is 1. The van der Waals surface area contributed by atoms with Gasteiger partial charge >= 0.3 is 6.18 Å². The average molecular weight is 272 g/mol. The van der Waals surface area contributed by atoms with Gasteiger partial charge in [-0.1, -0.05) is 0 Å². The van der Waals surface area contributed by atoms with Gasteiger partial charge in [-0.3, -0.25) is 9.78 Å².